The van der Waals surface area contributed by atoms with E-state index in [1.54, 1.807) is 41.0 Å². The van der Waals surface area contributed by atoms with E-state index in [2.05, 4.69) is 4.98 Å². The lowest BCUT2D eigenvalue weighted by Crippen LogP contribution is -2.51. The lowest BCUT2D eigenvalue weighted by molar-refractivity contribution is -0.134. The molecule has 2 aliphatic rings. The molecule has 7 nitrogen and oxygen atoms in total. The first-order valence-electron chi connectivity index (χ1n) is 9.02. The van der Waals surface area contributed by atoms with Gasteiger partial charge >= 0.3 is 0 Å². The fourth-order valence-corrected chi connectivity index (χ4v) is 3.80. The molecule has 2 heterocycles. The Balaban J connectivity index is 1.38. The van der Waals surface area contributed by atoms with Crippen LogP contribution in [-0.2, 0) is 4.79 Å². The molecule has 7 heteroatoms. The van der Waals surface area contributed by atoms with Crippen LogP contribution < -0.4 is 0 Å². The number of fused-ring (bicyclic) bond motifs is 1. The molecule has 138 valence electrons. The number of aliphatic hydroxyl groups is 1. The number of aliphatic hydroxyl groups excluding tert-OH is 1. The number of piperazine rings is 1. The van der Waals surface area contributed by atoms with Crippen molar-refractivity contribution in [2.75, 3.05) is 26.2 Å². The maximum absolute atomic E-state index is 12.7. The molecule has 2 amide bonds. The summed E-state index contributed by atoms with van der Waals surface area (Å²) < 4.78 is 0. The van der Waals surface area contributed by atoms with Crippen LogP contribution in [0.1, 0.15) is 23.8 Å². The first-order chi connectivity index (χ1) is 12.4. The van der Waals surface area contributed by atoms with Gasteiger partial charge in [0.2, 0.25) is 5.91 Å². The predicted molar refractivity (Wildman–Crippen MR) is 95.7 cm³/mol. The summed E-state index contributed by atoms with van der Waals surface area (Å²) in [4.78, 5) is 31.8. The fraction of sp³-hybridized carbons (Fsp3) is 0.474. The van der Waals surface area contributed by atoms with E-state index in [4.69, 9.17) is 0 Å². The molecule has 1 aliphatic heterocycles. The summed E-state index contributed by atoms with van der Waals surface area (Å²) in [6.07, 6.45) is 0.325. The lowest BCUT2D eigenvalue weighted by Gasteiger charge is -2.34. The zero-order valence-corrected chi connectivity index (χ0v) is 14.7. The summed E-state index contributed by atoms with van der Waals surface area (Å²) in [6.45, 7) is 3.77. The van der Waals surface area contributed by atoms with Gasteiger partial charge in [0.05, 0.1) is 6.10 Å². The van der Waals surface area contributed by atoms with Crippen LogP contribution in [0.2, 0.25) is 0 Å². The van der Waals surface area contributed by atoms with Gasteiger partial charge in [-0.3, -0.25) is 9.59 Å². The molecule has 26 heavy (non-hydrogen) atoms. The molecule has 1 saturated heterocycles. The van der Waals surface area contributed by atoms with Crippen molar-refractivity contribution in [3.8, 4) is 5.75 Å². The Morgan fingerprint density at radius 2 is 1.85 bits per heavy atom. The van der Waals surface area contributed by atoms with Gasteiger partial charge in [-0.05, 0) is 43.5 Å². The lowest BCUT2D eigenvalue weighted by atomic mass is 10.2. The smallest absolute Gasteiger partial charge is 0.270 e. The van der Waals surface area contributed by atoms with Gasteiger partial charge in [-0.25, -0.2) is 0 Å². The van der Waals surface area contributed by atoms with E-state index in [0.717, 1.165) is 17.3 Å². The van der Waals surface area contributed by atoms with Gasteiger partial charge in [0.25, 0.3) is 5.91 Å². The number of aromatic hydroxyl groups is 1. The van der Waals surface area contributed by atoms with Gasteiger partial charge in [0.15, 0.2) is 0 Å². The monoisotopic (exact) mass is 357 g/mol. The van der Waals surface area contributed by atoms with Crippen LogP contribution in [0.3, 0.4) is 0 Å². The van der Waals surface area contributed by atoms with Crippen molar-refractivity contribution in [1.29, 1.82) is 0 Å². The summed E-state index contributed by atoms with van der Waals surface area (Å²) in [5.74, 6) is 0.201. The highest BCUT2D eigenvalue weighted by atomic mass is 16.3. The number of hydrogen-bond donors (Lipinski definition) is 3. The maximum Gasteiger partial charge on any atom is 0.270 e. The van der Waals surface area contributed by atoms with Crippen LogP contribution in [-0.4, -0.2) is 69.1 Å². The number of aromatic nitrogens is 1. The maximum atomic E-state index is 12.7. The number of amides is 2. The molecule has 0 bridgehead atoms. The molecule has 0 spiro atoms. The Labute approximate surface area is 151 Å². The Kier molecular flexibility index (Phi) is 4.11. The third-order valence-electron chi connectivity index (χ3n) is 5.49. The van der Waals surface area contributed by atoms with Crippen molar-refractivity contribution in [3.63, 3.8) is 0 Å². The number of hydrogen-bond acceptors (Lipinski definition) is 4. The molecule has 0 radical (unpaired) electrons. The number of H-pyrrole nitrogens is 1. The second kappa shape index (κ2) is 6.32. The number of benzene rings is 1. The number of nitrogens with zero attached hydrogens (tertiary/aromatic N) is 2. The second-order valence-corrected chi connectivity index (χ2v) is 7.32. The Morgan fingerprint density at radius 1 is 1.15 bits per heavy atom. The van der Waals surface area contributed by atoms with Crippen molar-refractivity contribution in [2.24, 2.45) is 11.8 Å². The molecular weight excluding hydrogens is 334 g/mol. The van der Waals surface area contributed by atoms with E-state index >= 15 is 0 Å². The van der Waals surface area contributed by atoms with Crippen molar-refractivity contribution < 1.29 is 19.8 Å². The quantitative estimate of drug-likeness (QED) is 0.768. The third-order valence-corrected chi connectivity index (χ3v) is 5.49. The van der Waals surface area contributed by atoms with Crippen molar-refractivity contribution in [2.45, 2.75) is 19.4 Å². The number of phenols is 1. The Morgan fingerprint density at radius 3 is 2.50 bits per heavy atom. The first kappa shape index (κ1) is 16.9. The zero-order valence-electron chi connectivity index (χ0n) is 14.7. The van der Waals surface area contributed by atoms with Crippen LogP contribution in [0.4, 0.5) is 0 Å². The standard InChI is InChI=1S/C19H23N3O4/c1-11(23)14-10-15(14)18(25)21-4-6-22(7-5-21)19(26)17-9-12-8-13(24)2-3-16(12)20-17/h2-3,8-9,11,14-15,20,23-24H,4-7,10H2,1H3. The molecule has 3 N–H and O–H groups in total. The molecular formula is C19H23N3O4. The first-order valence-corrected chi connectivity index (χ1v) is 9.02. The van der Waals surface area contributed by atoms with Crippen molar-refractivity contribution in [3.05, 3.63) is 30.0 Å². The van der Waals surface area contributed by atoms with E-state index in [9.17, 15) is 19.8 Å². The van der Waals surface area contributed by atoms with Crippen LogP contribution in [0.15, 0.2) is 24.3 Å². The Hall–Kier alpha value is -2.54. The van der Waals surface area contributed by atoms with Gasteiger partial charge in [0, 0.05) is 43.0 Å². The Bertz CT molecular complexity index is 852. The number of phenolic OH excluding ortho intramolecular Hbond substituents is 1. The second-order valence-electron chi connectivity index (χ2n) is 7.32. The van der Waals surface area contributed by atoms with E-state index < -0.39 is 6.10 Å². The summed E-state index contributed by atoms with van der Waals surface area (Å²) >= 11 is 0. The minimum atomic E-state index is -0.437. The fourth-order valence-electron chi connectivity index (χ4n) is 3.80. The highest BCUT2D eigenvalue weighted by Gasteiger charge is 2.47. The highest BCUT2D eigenvalue weighted by molar-refractivity contribution is 5.98. The van der Waals surface area contributed by atoms with Crippen LogP contribution in [0, 0.1) is 11.8 Å². The SMILES string of the molecule is CC(O)C1CC1C(=O)N1CCN(C(=O)c2cc3cc(O)ccc3[nH]2)CC1. The van der Waals surface area contributed by atoms with E-state index in [1.807, 2.05) is 0 Å². The highest BCUT2D eigenvalue weighted by Crippen LogP contribution is 2.42. The van der Waals surface area contributed by atoms with Crippen LogP contribution >= 0.6 is 0 Å². The summed E-state index contributed by atoms with van der Waals surface area (Å²) in [5, 5.41) is 19.9. The third kappa shape index (κ3) is 3.03. The van der Waals surface area contributed by atoms with Gasteiger partial charge < -0.3 is 25.0 Å². The molecule has 2 aromatic rings. The molecule has 2 fully saturated rings. The molecule has 1 aliphatic carbocycles. The minimum absolute atomic E-state index is 0.0568. The van der Waals surface area contributed by atoms with E-state index in [-0.39, 0.29) is 29.4 Å². The average molecular weight is 357 g/mol. The molecule has 1 aromatic carbocycles. The largest absolute Gasteiger partial charge is 0.508 e. The number of rotatable bonds is 3. The molecule has 3 unspecified atom stereocenters. The molecule has 1 aromatic heterocycles. The normalized spacial score (nSPS) is 23.9. The number of aromatic amines is 1. The summed E-state index contributed by atoms with van der Waals surface area (Å²) in [5.41, 5.74) is 1.29. The topological polar surface area (TPSA) is 96.9 Å². The predicted octanol–water partition coefficient (Wildman–Crippen LogP) is 1.17. The average Bonchev–Trinajstić information content (AvgIpc) is 3.33. The van der Waals surface area contributed by atoms with Gasteiger partial charge in [-0.1, -0.05) is 0 Å². The van der Waals surface area contributed by atoms with Gasteiger partial charge in [0.1, 0.15) is 11.4 Å². The summed E-state index contributed by atoms with van der Waals surface area (Å²) in [7, 11) is 0. The molecule has 3 atom stereocenters. The van der Waals surface area contributed by atoms with Crippen LogP contribution in [0.5, 0.6) is 5.75 Å². The molecule has 4 rings (SSSR count). The minimum Gasteiger partial charge on any atom is -0.508 e. The van der Waals surface area contributed by atoms with Crippen molar-refractivity contribution in [1.82, 2.24) is 14.8 Å². The number of carbonyl (C=O) groups is 2. The van der Waals surface area contributed by atoms with Gasteiger partial charge in [-0.2, -0.15) is 0 Å². The van der Waals surface area contributed by atoms with Crippen molar-refractivity contribution >= 4 is 22.7 Å². The van der Waals surface area contributed by atoms with E-state index in [1.165, 1.54) is 0 Å². The number of nitrogens with one attached hydrogen (secondary N) is 1. The summed E-state index contributed by atoms with van der Waals surface area (Å²) in [6, 6.07) is 6.68. The van der Waals surface area contributed by atoms with Gasteiger partial charge in [-0.15, -0.1) is 0 Å². The number of carbonyl (C=O) groups excluding carboxylic acids is 2. The van der Waals surface area contributed by atoms with Crippen LogP contribution in [0.25, 0.3) is 10.9 Å². The zero-order chi connectivity index (χ0) is 18.4. The van der Waals surface area contributed by atoms with E-state index in [0.29, 0.717) is 31.9 Å². The molecule has 1 saturated carbocycles.